The van der Waals surface area contributed by atoms with Gasteiger partial charge in [0, 0.05) is 24.2 Å². The fraction of sp³-hybridized carbons (Fsp3) is 0.529. The second-order valence-electron chi connectivity index (χ2n) is 4.60. The Morgan fingerprint density at radius 2 is 2.00 bits per heavy atom. The van der Waals surface area contributed by atoms with Gasteiger partial charge < -0.3 is 14.6 Å². The van der Waals surface area contributed by atoms with E-state index in [4.69, 9.17) is 14.6 Å². The van der Waals surface area contributed by atoms with E-state index in [0.717, 1.165) is 19.4 Å². The Balaban J connectivity index is 2.31. The van der Waals surface area contributed by atoms with Crippen molar-refractivity contribution in [2.75, 3.05) is 26.4 Å². The van der Waals surface area contributed by atoms with Gasteiger partial charge in [0.15, 0.2) is 0 Å². The van der Waals surface area contributed by atoms with Gasteiger partial charge in [-0.15, -0.1) is 0 Å². The van der Waals surface area contributed by atoms with Crippen LogP contribution in [0.4, 0.5) is 4.39 Å². The molecule has 0 saturated heterocycles. The van der Waals surface area contributed by atoms with E-state index in [2.05, 4.69) is 18.8 Å². The molecule has 1 aromatic rings. The Kier molecular flexibility index (Phi) is 9.47. The van der Waals surface area contributed by atoms with Crippen LogP contribution in [0.25, 0.3) is 0 Å². The molecule has 4 heteroatoms. The van der Waals surface area contributed by atoms with Crippen LogP contribution in [-0.2, 0) is 16.1 Å². The van der Waals surface area contributed by atoms with E-state index < -0.39 is 0 Å². The molecule has 0 spiro atoms. The number of benzene rings is 1. The first-order chi connectivity index (χ1) is 10.3. The lowest BCUT2D eigenvalue weighted by Crippen LogP contribution is -2.06. The zero-order valence-corrected chi connectivity index (χ0v) is 12.5. The normalized spacial score (nSPS) is 10.2. The number of aliphatic hydroxyl groups excluding tert-OH is 1. The Morgan fingerprint density at radius 1 is 1.19 bits per heavy atom. The minimum atomic E-state index is -0.322. The smallest absolute Gasteiger partial charge is 0.129 e. The zero-order chi connectivity index (χ0) is 15.3. The maximum Gasteiger partial charge on any atom is 0.129 e. The predicted molar refractivity (Wildman–Crippen MR) is 80.4 cm³/mol. The van der Waals surface area contributed by atoms with Gasteiger partial charge in [-0.25, -0.2) is 4.39 Å². The summed E-state index contributed by atoms with van der Waals surface area (Å²) in [6.45, 7) is 4.10. The lowest BCUT2D eigenvalue weighted by molar-refractivity contribution is 0.0388. The fourth-order valence-electron chi connectivity index (χ4n) is 1.61. The van der Waals surface area contributed by atoms with Crippen LogP contribution in [-0.4, -0.2) is 31.5 Å². The van der Waals surface area contributed by atoms with Crippen molar-refractivity contribution in [3.8, 4) is 11.8 Å². The number of aliphatic hydroxyl groups is 1. The summed E-state index contributed by atoms with van der Waals surface area (Å²) in [6, 6.07) is 4.82. The molecule has 0 unspecified atom stereocenters. The SMILES string of the molecule is CCCCOCCOCc1ccc(C#CCCO)cc1F. The molecule has 116 valence electrons. The molecule has 0 saturated carbocycles. The molecule has 0 amide bonds. The summed E-state index contributed by atoms with van der Waals surface area (Å²) in [5, 5.41) is 8.63. The van der Waals surface area contributed by atoms with Crippen molar-refractivity contribution in [3.63, 3.8) is 0 Å². The van der Waals surface area contributed by atoms with E-state index in [1.54, 1.807) is 12.1 Å². The number of hydrogen-bond acceptors (Lipinski definition) is 3. The van der Waals surface area contributed by atoms with E-state index in [1.807, 2.05) is 0 Å². The Morgan fingerprint density at radius 3 is 2.71 bits per heavy atom. The quantitative estimate of drug-likeness (QED) is 0.562. The zero-order valence-electron chi connectivity index (χ0n) is 12.5. The van der Waals surface area contributed by atoms with Gasteiger partial charge in [-0.1, -0.05) is 31.3 Å². The fourth-order valence-corrected chi connectivity index (χ4v) is 1.61. The minimum Gasteiger partial charge on any atom is -0.395 e. The first-order valence-corrected chi connectivity index (χ1v) is 7.31. The summed E-state index contributed by atoms with van der Waals surface area (Å²) in [4.78, 5) is 0. The molecule has 3 nitrogen and oxygen atoms in total. The lowest BCUT2D eigenvalue weighted by Gasteiger charge is -2.06. The van der Waals surface area contributed by atoms with Crippen molar-refractivity contribution in [3.05, 3.63) is 35.1 Å². The van der Waals surface area contributed by atoms with Crippen molar-refractivity contribution < 1.29 is 19.0 Å². The van der Waals surface area contributed by atoms with Crippen LogP contribution >= 0.6 is 0 Å². The molecule has 0 heterocycles. The first-order valence-electron chi connectivity index (χ1n) is 7.31. The van der Waals surface area contributed by atoms with E-state index in [9.17, 15) is 4.39 Å². The molecule has 21 heavy (non-hydrogen) atoms. The summed E-state index contributed by atoms with van der Waals surface area (Å²) in [5.74, 6) is 5.24. The van der Waals surface area contributed by atoms with Crippen LogP contribution in [0, 0.1) is 17.7 Å². The van der Waals surface area contributed by atoms with Crippen LogP contribution in [0.2, 0.25) is 0 Å². The topological polar surface area (TPSA) is 38.7 Å². The van der Waals surface area contributed by atoms with Crippen LogP contribution in [0.5, 0.6) is 0 Å². The predicted octanol–water partition coefficient (Wildman–Crippen LogP) is 2.89. The van der Waals surface area contributed by atoms with E-state index in [-0.39, 0.29) is 19.0 Å². The number of hydrogen-bond donors (Lipinski definition) is 1. The standard InChI is InChI=1S/C17H23FO3/c1-2-3-10-20-11-12-21-14-16-8-7-15(13-17(16)18)6-4-5-9-19/h7-8,13,19H,2-3,5,9-12,14H2,1H3. The van der Waals surface area contributed by atoms with Crippen LogP contribution in [0.15, 0.2) is 18.2 Å². The van der Waals surface area contributed by atoms with Gasteiger partial charge in [0.2, 0.25) is 0 Å². The van der Waals surface area contributed by atoms with Gasteiger partial charge in [-0.05, 0) is 18.6 Å². The van der Waals surface area contributed by atoms with Gasteiger partial charge in [-0.2, -0.15) is 0 Å². The summed E-state index contributed by atoms with van der Waals surface area (Å²) in [6.07, 6.45) is 2.55. The third-order valence-electron chi connectivity index (χ3n) is 2.79. The Hall–Kier alpha value is -1.41. The highest BCUT2D eigenvalue weighted by atomic mass is 19.1. The highest BCUT2D eigenvalue weighted by molar-refractivity contribution is 5.36. The number of ether oxygens (including phenoxy) is 2. The lowest BCUT2D eigenvalue weighted by atomic mass is 10.1. The molecule has 0 aliphatic heterocycles. The first kappa shape index (κ1) is 17.6. The van der Waals surface area contributed by atoms with Crippen molar-refractivity contribution in [2.45, 2.75) is 32.8 Å². The van der Waals surface area contributed by atoms with Gasteiger partial charge in [0.05, 0.1) is 26.4 Å². The third-order valence-corrected chi connectivity index (χ3v) is 2.79. The summed E-state index contributed by atoms with van der Waals surface area (Å²) >= 11 is 0. The van der Waals surface area contributed by atoms with Crippen LogP contribution < -0.4 is 0 Å². The van der Waals surface area contributed by atoms with E-state index in [0.29, 0.717) is 30.8 Å². The largest absolute Gasteiger partial charge is 0.395 e. The van der Waals surface area contributed by atoms with Gasteiger partial charge in [-0.3, -0.25) is 0 Å². The Labute approximate surface area is 126 Å². The van der Waals surface area contributed by atoms with Crippen molar-refractivity contribution in [2.24, 2.45) is 0 Å². The molecule has 0 aliphatic carbocycles. The molecule has 0 radical (unpaired) electrons. The van der Waals surface area contributed by atoms with Crippen LogP contribution in [0.1, 0.15) is 37.3 Å². The minimum absolute atomic E-state index is 0.0156. The van der Waals surface area contributed by atoms with Crippen molar-refractivity contribution in [1.29, 1.82) is 0 Å². The molecule has 1 aromatic carbocycles. The molecule has 0 fully saturated rings. The molecular formula is C17H23FO3. The monoisotopic (exact) mass is 294 g/mol. The number of rotatable bonds is 9. The number of halogens is 1. The van der Waals surface area contributed by atoms with Gasteiger partial charge in [0.25, 0.3) is 0 Å². The Bertz CT molecular complexity index is 463. The van der Waals surface area contributed by atoms with Crippen LogP contribution in [0.3, 0.4) is 0 Å². The highest BCUT2D eigenvalue weighted by Crippen LogP contribution is 2.11. The summed E-state index contributed by atoms with van der Waals surface area (Å²) in [7, 11) is 0. The summed E-state index contributed by atoms with van der Waals surface area (Å²) in [5.41, 5.74) is 1.11. The van der Waals surface area contributed by atoms with Gasteiger partial charge >= 0.3 is 0 Å². The maximum absolute atomic E-state index is 13.8. The molecular weight excluding hydrogens is 271 g/mol. The molecule has 0 bridgehead atoms. The number of unbranched alkanes of at least 4 members (excludes halogenated alkanes) is 1. The maximum atomic E-state index is 13.8. The second-order valence-corrected chi connectivity index (χ2v) is 4.60. The molecule has 0 atom stereocenters. The highest BCUT2D eigenvalue weighted by Gasteiger charge is 2.03. The average Bonchev–Trinajstić information content (AvgIpc) is 2.48. The van der Waals surface area contributed by atoms with Crippen molar-refractivity contribution in [1.82, 2.24) is 0 Å². The van der Waals surface area contributed by atoms with Crippen molar-refractivity contribution >= 4 is 0 Å². The van der Waals surface area contributed by atoms with E-state index >= 15 is 0 Å². The molecule has 0 aliphatic rings. The second kappa shape index (κ2) is 11.3. The van der Waals surface area contributed by atoms with E-state index in [1.165, 1.54) is 6.07 Å². The average molecular weight is 294 g/mol. The molecule has 1 rings (SSSR count). The van der Waals surface area contributed by atoms with Gasteiger partial charge in [0.1, 0.15) is 5.82 Å². The molecule has 1 N–H and O–H groups in total. The third kappa shape index (κ3) is 7.81. The summed E-state index contributed by atoms with van der Waals surface area (Å²) < 4.78 is 24.6. The molecule has 0 aromatic heterocycles.